The first-order valence-corrected chi connectivity index (χ1v) is 7.98. The molecule has 0 aliphatic heterocycles. The minimum atomic E-state index is -0.815. The summed E-state index contributed by atoms with van der Waals surface area (Å²) in [7, 11) is 1.55. The molecular weight excluding hydrogens is 370 g/mol. The van der Waals surface area contributed by atoms with Crippen molar-refractivity contribution in [3.05, 3.63) is 64.2 Å². The van der Waals surface area contributed by atoms with Crippen molar-refractivity contribution in [3.63, 3.8) is 0 Å². The van der Waals surface area contributed by atoms with Crippen LogP contribution in [0.15, 0.2) is 53.7 Å². The molecule has 0 aromatic heterocycles. The van der Waals surface area contributed by atoms with Crippen LogP contribution in [0.2, 0.25) is 0 Å². The molecule has 2 aromatic carbocycles. The van der Waals surface area contributed by atoms with E-state index in [2.05, 4.69) is 10.5 Å². The molecule has 0 aliphatic carbocycles. The second kappa shape index (κ2) is 10.3. The number of hydrogen-bond donors (Lipinski definition) is 1. The predicted molar refractivity (Wildman–Crippen MR) is 99.2 cm³/mol. The number of nitro groups is 1. The van der Waals surface area contributed by atoms with Crippen molar-refractivity contribution < 1.29 is 28.8 Å². The normalized spacial score (nSPS) is 10.3. The lowest BCUT2D eigenvalue weighted by Gasteiger charge is -2.06. The maximum absolute atomic E-state index is 11.8. The number of para-hydroxylation sites is 2. The van der Waals surface area contributed by atoms with Gasteiger partial charge in [-0.2, -0.15) is 0 Å². The molecule has 0 heterocycles. The van der Waals surface area contributed by atoms with Crippen LogP contribution in [-0.4, -0.2) is 43.3 Å². The highest BCUT2D eigenvalue weighted by Crippen LogP contribution is 2.22. The minimum Gasteiger partial charge on any atom is -0.497 e. The van der Waals surface area contributed by atoms with Crippen LogP contribution in [0.3, 0.4) is 0 Å². The number of benzene rings is 2. The molecule has 0 fully saturated rings. The van der Waals surface area contributed by atoms with Crippen molar-refractivity contribution in [3.8, 4) is 5.75 Å². The molecule has 0 saturated heterocycles. The molecule has 2 aromatic rings. The summed E-state index contributed by atoms with van der Waals surface area (Å²) in [6.07, 6.45) is 1.40. The molecule has 0 spiro atoms. The van der Waals surface area contributed by atoms with Crippen LogP contribution in [0.5, 0.6) is 5.75 Å². The van der Waals surface area contributed by atoms with E-state index in [9.17, 15) is 19.7 Å². The molecule has 0 atom stereocenters. The zero-order valence-corrected chi connectivity index (χ0v) is 14.9. The average Bonchev–Trinajstić information content (AvgIpc) is 2.70. The summed E-state index contributed by atoms with van der Waals surface area (Å²) < 4.78 is 9.75. The molecule has 0 aliphatic rings. The van der Waals surface area contributed by atoms with Crippen molar-refractivity contribution in [1.82, 2.24) is 0 Å². The molecule has 0 bridgehead atoms. The van der Waals surface area contributed by atoms with Crippen LogP contribution in [0.25, 0.3) is 0 Å². The first-order chi connectivity index (χ1) is 13.5. The number of methoxy groups -OCH3 is 1. The van der Waals surface area contributed by atoms with E-state index < -0.39 is 30.0 Å². The monoisotopic (exact) mass is 387 g/mol. The number of nitro benzene ring substituents is 1. The van der Waals surface area contributed by atoms with E-state index in [1.54, 1.807) is 31.4 Å². The summed E-state index contributed by atoms with van der Waals surface area (Å²) in [5, 5.41) is 16.8. The molecule has 0 saturated carbocycles. The summed E-state index contributed by atoms with van der Waals surface area (Å²) in [5.74, 6) is -0.838. The standard InChI is InChI=1S/C18H17N3O7/c1-26-14-8-6-13(7-9-14)10-19-28-12-18(23)27-11-17(22)20-15-4-2-3-5-16(15)21(24)25/h2-10H,11-12H2,1H3,(H,20,22)/b19-10+. The summed E-state index contributed by atoms with van der Waals surface area (Å²) >= 11 is 0. The summed E-state index contributed by atoms with van der Waals surface area (Å²) in [5.41, 5.74) is 0.477. The Morgan fingerprint density at radius 1 is 1.14 bits per heavy atom. The smallest absolute Gasteiger partial charge is 0.347 e. The Labute approximate surface area is 159 Å². The molecule has 10 heteroatoms. The number of rotatable bonds is 9. The first-order valence-electron chi connectivity index (χ1n) is 7.98. The minimum absolute atomic E-state index is 0.00823. The van der Waals surface area contributed by atoms with E-state index in [1.807, 2.05) is 0 Å². The van der Waals surface area contributed by atoms with E-state index in [1.165, 1.54) is 30.5 Å². The summed E-state index contributed by atoms with van der Waals surface area (Å²) in [6, 6.07) is 12.6. The molecule has 28 heavy (non-hydrogen) atoms. The first kappa shape index (κ1) is 20.4. The third kappa shape index (κ3) is 6.41. The topological polar surface area (TPSA) is 129 Å². The second-order valence-electron chi connectivity index (χ2n) is 5.26. The van der Waals surface area contributed by atoms with Crippen LogP contribution >= 0.6 is 0 Å². The van der Waals surface area contributed by atoms with Crippen molar-refractivity contribution in [2.75, 3.05) is 25.6 Å². The van der Waals surface area contributed by atoms with Crippen LogP contribution in [0, 0.1) is 10.1 Å². The van der Waals surface area contributed by atoms with Gasteiger partial charge in [0.05, 0.1) is 18.2 Å². The Bertz CT molecular complexity index is 866. The van der Waals surface area contributed by atoms with E-state index in [-0.39, 0.29) is 11.4 Å². The highest BCUT2D eigenvalue weighted by Gasteiger charge is 2.15. The van der Waals surface area contributed by atoms with Gasteiger partial charge in [-0.3, -0.25) is 14.9 Å². The SMILES string of the molecule is COc1ccc(/C=N/OCC(=O)OCC(=O)Nc2ccccc2[N+](=O)[O-])cc1. The number of amides is 1. The van der Waals surface area contributed by atoms with Crippen LogP contribution in [0.1, 0.15) is 5.56 Å². The highest BCUT2D eigenvalue weighted by atomic mass is 16.7. The van der Waals surface area contributed by atoms with E-state index >= 15 is 0 Å². The number of oxime groups is 1. The van der Waals surface area contributed by atoms with E-state index in [0.717, 1.165) is 5.56 Å². The van der Waals surface area contributed by atoms with Crippen molar-refractivity contribution in [2.24, 2.45) is 5.16 Å². The number of carbonyl (C=O) groups is 2. The van der Waals surface area contributed by atoms with Gasteiger partial charge in [-0.05, 0) is 35.9 Å². The maximum Gasteiger partial charge on any atom is 0.347 e. The lowest BCUT2D eigenvalue weighted by molar-refractivity contribution is -0.383. The molecule has 146 valence electrons. The van der Waals surface area contributed by atoms with Gasteiger partial charge in [0.25, 0.3) is 11.6 Å². The Kier molecular flexibility index (Phi) is 7.46. The second-order valence-corrected chi connectivity index (χ2v) is 5.26. The van der Waals surface area contributed by atoms with Crippen LogP contribution in [-0.2, 0) is 19.2 Å². The lowest BCUT2D eigenvalue weighted by atomic mass is 10.2. The number of carbonyl (C=O) groups excluding carboxylic acids is 2. The number of hydrogen-bond acceptors (Lipinski definition) is 8. The Balaban J connectivity index is 1.72. The fourth-order valence-electron chi connectivity index (χ4n) is 1.99. The van der Waals surface area contributed by atoms with Gasteiger partial charge in [-0.1, -0.05) is 17.3 Å². The maximum atomic E-state index is 11.8. The van der Waals surface area contributed by atoms with Crippen LogP contribution in [0.4, 0.5) is 11.4 Å². The largest absolute Gasteiger partial charge is 0.497 e. The van der Waals surface area contributed by atoms with E-state index in [4.69, 9.17) is 14.3 Å². The summed E-state index contributed by atoms with van der Waals surface area (Å²) in [6.45, 7) is -1.11. The number of nitrogens with zero attached hydrogens (tertiary/aromatic N) is 2. The molecule has 0 unspecified atom stereocenters. The fourth-order valence-corrected chi connectivity index (χ4v) is 1.99. The number of anilines is 1. The third-order valence-electron chi connectivity index (χ3n) is 3.31. The molecule has 2 rings (SSSR count). The Morgan fingerprint density at radius 3 is 2.54 bits per heavy atom. The molecule has 1 N–H and O–H groups in total. The van der Waals surface area contributed by atoms with Crippen molar-refractivity contribution in [2.45, 2.75) is 0 Å². The van der Waals surface area contributed by atoms with Crippen LogP contribution < -0.4 is 10.1 Å². The average molecular weight is 387 g/mol. The molecule has 10 nitrogen and oxygen atoms in total. The van der Waals surface area contributed by atoms with Gasteiger partial charge < -0.3 is 19.6 Å². The van der Waals surface area contributed by atoms with Gasteiger partial charge in [0.1, 0.15) is 11.4 Å². The zero-order valence-electron chi connectivity index (χ0n) is 14.9. The third-order valence-corrected chi connectivity index (χ3v) is 3.31. The number of nitrogens with one attached hydrogen (secondary N) is 1. The van der Waals surface area contributed by atoms with Gasteiger partial charge in [-0.25, -0.2) is 4.79 Å². The quantitative estimate of drug-likeness (QED) is 0.302. The van der Waals surface area contributed by atoms with Gasteiger partial charge in [0.15, 0.2) is 6.61 Å². The van der Waals surface area contributed by atoms with Gasteiger partial charge in [-0.15, -0.1) is 0 Å². The number of esters is 1. The predicted octanol–water partition coefficient (Wildman–Crippen LogP) is 2.14. The Hall–Kier alpha value is -3.95. The zero-order chi connectivity index (χ0) is 20.4. The van der Waals surface area contributed by atoms with E-state index in [0.29, 0.717) is 5.75 Å². The number of ether oxygens (including phenoxy) is 2. The Morgan fingerprint density at radius 2 is 1.86 bits per heavy atom. The van der Waals surface area contributed by atoms with Gasteiger partial charge >= 0.3 is 5.97 Å². The fraction of sp³-hybridized carbons (Fsp3) is 0.167. The van der Waals surface area contributed by atoms with Crippen molar-refractivity contribution in [1.29, 1.82) is 0 Å². The molecule has 0 radical (unpaired) electrons. The van der Waals surface area contributed by atoms with Crippen molar-refractivity contribution >= 4 is 29.5 Å². The van der Waals surface area contributed by atoms with Gasteiger partial charge in [0, 0.05) is 6.07 Å². The summed E-state index contributed by atoms with van der Waals surface area (Å²) in [4.78, 5) is 38.4. The highest BCUT2D eigenvalue weighted by molar-refractivity contribution is 5.94. The molecular formula is C18H17N3O7. The van der Waals surface area contributed by atoms with Gasteiger partial charge in [0.2, 0.25) is 6.61 Å². The lowest BCUT2D eigenvalue weighted by Crippen LogP contribution is -2.22. The molecule has 1 amide bonds.